The number of pyridine rings is 1. The van der Waals surface area contributed by atoms with E-state index in [1.807, 2.05) is 0 Å². The monoisotopic (exact) mass is 390 g/mol. The van der Waals surface area contributed by atoms with E-state index in [1.165, 1.54) is 12.1 Å². The summed E-state index contributed by atoms with van der Waals surface area (Å²) < 4.78 is 58.6. The summed E-state index contributed by atoms with van der Waals surface area (Å²) in [5, 5.41) is 5.01. The highest BCUT2D eigenvalue weighted by Gasteiger charge is 2.31. The number of hydrogen-bond acceptors (Lipinski definition) is 3. The van der Waals surface area contributed by atoms with Crippen LogP contribution in [0.1, 0.15) is 30.4 Å². The van der Waals surface area contributed by atoms with Gasteiger partial charge in [0.05, 0.1) is 5.56 Å². The van der Waals surface area contributed by atoms with E-state index in [0.29, 0.717) is 24.9 Å². The number of nitrogens with zero attached hydrogens (tertiary/aromatic N) is 1. The van der Waals surface area contributed by atoms with Gasteiger partial charge in [-0.25, -0.2) is 17.6 Å². The molecule has 28 heavy (non-hydrogen) atoms. The molecule has 0 amide bonds. The minimum absolute atomic E-state index is 0.129. The lowest BCUT2D eigenvalue weighted by Gasteiger charge is -2.36. The molecule has 0 atom stereocenters. The van der Waals surface area contributed by atoms with Crippen LogP contribution in [-0.2, 0) is 6.54 Å². The summed E-state index contributed by atoms with van der Waals surface area (Å²) >= 11 is 0. The highest BCUT2D eigenvalue weighted by atomic mass is 19.3. The van der Waals surface area contributed by atoms with Crippen LogP contribution in [0.4, 0.5) is 17.6 Å². The van der Waals surface area contributed by atoms with Gasteiger partial charge in [-0.2, -0.15) is 0 Å². The lowest BCUT2D eigenvalue weighted by Crippen LogP contribution is -2.46. The summed E-state index contributed by atoms with van der Waals surface area (Å²) in [6.07, 6.45) is 1.70. The largest absolute Gasteiger partial charge is 0.490 e. The molecule has 0 spiro atoms. The third-order valence-electron chi connectivity index (χ3n) is 5.05. The van der Waals surface area contributed by atoms with Crippen LogP contribution in [0.25, 0.3) is 10.8 Å². The zero-order valence-electron chi connectivity index (χ0n) is 14.8. The van der Waals surface area contributed by atoms with E-state index >= 15 is 0 Å². The first kappa shape index (κ1) is 18.7. The summed E-state index contributed by atoms with van der Waals surface area (Å²) in [7, 11) is 0. The number of rotatable bonds is 6. The van der Waals surface area contributed by atoms with Crippen molar-refractivity contribution in [3.63, 3.8) is 0 Å². The SMILES string of the molecule is Fc1cc(O[C@H]2C[C@H](NCc3c(F)ccc4cnccc34)C2)ccc1C(F)F. The fourth-order valence-electron chi connectivity index (χ4n) is 3.41. The first-order chi connectivity index (χ1) is 13.5. The standard InChI is InChI=1S/C21H18F4N2O/c22-19-4-1-12-10-26-6-5-16(12)18(19)11-27-13-7-15(8-13)28-14-2-3-17(21(24)25)20(23)9-14/h1-6,9-10,13,15,21,27H,7-8,11H2/t13-,15-. The van der Waals surface area contributed by atoms with Crippen LogP contribution >= 0.6 is 0 Å². The van der Waals surface area contributed by atoms with E-state index in [2.05, 4.69) is 10.3 Å². The van der Waals surface area contributed by atoms with Gasteiger partial charge >= 0.3 is 0 Å². The van der Waals surface area contributed by atoms with Crippen molar-refractivity contribution in [3.05, 3.63) is 71.6 Å². The molecule has 1 fully saturated rings. The Kier molecular flexibility index (Phi) is 5.17. The Morgan fingerprint density at radius 3 is 2.64 bits per heavy atom. The minimum Gasteiger partial charge on any atom is -0.490 e. The van der Waals surface area contributed by atoms with Gasteiger partial charge < -0.3 is 10.1 Å². The van der Waals surface area contributed by atoms with E-state index < -0.39 is 17.8 Å². The van der Waals surface area contributed by atoms with Crippen LogP contribution in [-0.4, -0.2) is 17.1 Å². The molecular formula is C21H18F4N2O. The minimum atomic E-state index is -2.85. The van der Waals surface area contributed by atoms with Gasteiger partial charge in [-0.1, -0.05) is 0 Å². The van der Waals surface area contributed by atoms with Crippen molar-refractivity contribution in [2.75, 3.05) is 0 Å². The van der Waals surface area contributed by atoms with Crippen molar-refractivity contribution in [2.24, 2.45) is 0 Å². The Labute approximate surface area is 159 Å². The van der Waals surface area contributed by atoms with Gasteiger partial charge in [0.15, 0.2) is 0 Å². The molecule has 0 radical (unpaired) electrons. The topological polar surface area (TPSA) is 34.1 Å². The average molecular weight is 390 g/mol. The van der Waals surface area contributed by atoms with E-state index in [0.717, 1.165) is 22.9 Å². The van der Waals surface area contributed by atoms with E-state index in [-0.39, 0.29) is 23.7 Å². The lowest BCUT2D eigenvalue weighted by atomic mass is 9.89. The highest BCUT2D eigenvalue weighted by molar-refractivity contribution is 5.84. The fourth-order valence-corrected chi connectivity index (χ4v) is 3.41. The number of ether oxygens (including phenoxy) is 1. The molecule has 1 aliphatic rings. The van der Waals surface area contributed by atoms with Gasteiger partial charge in [0, 0.05) is 42.0 Å². The molecule has 1 saturated carbocycles. The summed E-state index contributed by atoms with van der Waals surface area (Å²) in [5.74, 6) is -1.01. The smallest absolute Gasteiger partial charge is 0.266 e. The normalized spacial score (nSPS) is 19.0. The molecule has 1 aromatic heterocycles. The first-order valence-corrected chi connectivity index (χ1v) is 9.00. The molecule has 3 aromatic rings. The maximum atomic E-state index is 14.2. The number of nitrogens with one attached hydrogen (secondary N) is 1. The molecule has 0 bridgehead atoms. The van der Waals surface area contributed by atoms with Crippen molar-refractivity contribution < 1.29 is 22.3 Å². The molecule has 0 saturated heterocycles. The molecule has 0 unspecified atom stereocenters. The van der Waals surface area contributed by atoms with Crippen molar-refractivity contribution in [1.29, 1.82) is 0 Å². The summed E-state index contributed by atoms with van der Waals surface area (Å²) in [4.78, 5) is 4.05. The second-order valence-electron chi connectivity index (χ2n) is 6.90. The molecule has 2 aromatic carbocycles. The Hall–Kier alpha value is -2.67. The van der Waals surface area contributed by atoms with Crippen molar-refractivity contribution >= 4 is 10.8 Å². The average Bonchev–Trinajstić information content (AvgIpc) is 2.64. The lowest BCUT2D eigenvalue weighted by molar-refractivity contribution is 0.0836. The van der Waals surface area contributed by atoms with E-state index in [4.69, 9.17) is 4.74 Å². The molecule has 1 aliphatic carbocycles. The van der Waals surface area contributed by atoms with Crippen LogP contribution in [0.5, 0.6) is 5.75 Å². The second kappa shape index (κ2) is 7.75. The van der Waals surface area contributed by atoms with Gasteiger partial charge in [-0.15, -0.1) is 0 Å². The van der Waals surface area contributed by atoms with Gasteiger partial charge in [0.25, 0.3) is 6.43 Å². The zero-order chi connectivity index (χ0) is 19.7. The van der Waals surface area contributed by atoms with Crippen molar-refractivity contribution in [2.45, 2.75) is 38.0 Å². The van der Waals surface area contributed by atoms with E-state index in [9.17, 15) is 17.6 Å². The van der Waals surface area contributed by atoms with E-state index in [1.54, 1.807) is 24.5 Å². The number of alkyl halides is 2. The number of fused-ring (bicyclic) bond motifs is 1. The molecule has 146 valence electrons. The van der Waals surface area contributed by atoms with Gasteiger partial charge in [0.1, 0.15) is 23.5 Å². The Morgan fingerprint density at radius 2 is 1.89 bits per heavy atom. The molecule has 3 nitrogen and oxygen atoms in total. The van der Waals surface area contributed by atoms with Crippen molar-refractivity contribution in [1.82, 2.24) is 10.3 Å². The summed E-state index contributed by atoms with van der Waals surface area (Å²) in [6.45, 7) is 0.377. The van der Waals surface area contributed by atoms with Crippen molar-refractivity contribution in [3.8, 4) is 5.75 Å². The number of benzene rings is 2. The third kappa shape index (κ3) is 3.80. The molecule has 0 aliphatic heterocycles. The molecule has 1 N–H and O–H groups in total. The van der Waals surface area contributed by atoms with Crippen LogP contribution in [0.3, 0.4) is 0 Å². The molecular weight excluding hydrogens is 372 g/mol. The maximum absolute atomic E-state index is 14.2. The van der Waals surface area contributed by atoms with Crippen LogP contribution in [0.2, 0.25) is 0 Å². The Morgan fingerprint density at radius 1 is 1.07 bits per heavy atom. The Balaban J connectivity index is 1.32. The number of halogens is 4. The molecule has 4 rings (SSSR count). The van der Waals surface area contributed by atoms with Crippen LogP contribution in [0.15, 0.2) is 48.8 Å². The van der Waals surface area contributed by atoms with Crippen LogP contribution in [0, 0.1) is 11.6 Å². The molecule has 7 heteroatoms. The zero-order valence-corrected chi connectivity index (χ0v) is 14.8. The molecule has 1 heterocycles. The first-order valence-electron chi connectivity index (χ1n) is 9.00. The van der Waals surface area contributed by atoms with Gasteiger partial charge in [-0.3, -0.25) is 4.98 Å². The predicted molar refractivity (Wildman–Crippen MR) is 97.3 cm³/mol. The summed E-state index contributed by atoms with van der Waals surface area (Å²) in [6, 6.07) is 8.46. The number of aromatic nitrogens is 1. The fraction of sp³-hybridized carbons (Fsp3) is 0.286. The maximum Gasteiger partial charge on any atom is 0.266 e. The third-order valence-corrected chi connectivity index (χ3v) is 5.05. The highest BCUT2D eigenvalue weighted by Crippen LogP contribution is 2.30. The van der Waals surface area contributed by atoms with Gasteiger partial charge in [0.2, 0.25) is 0 Å². The number of hydrogen-bond donors (Lipinski definition) is 1. The summed E-state index contributed by atoms with van der Waals surface area (Å²) in [5.41, 5.74) is -0.0401. The second-order valence-corrected chi connectivity index (χ2v) is 6.90. The Bertz CT molecular complexity index is 989. The van der Waals surface area contributed by atoms with Crippen LogP contribution < -0.4 is 10.1 Å². The van der Waals surface area contributed by atoms with Gasteiger partial charge in [-0.05, 0) is 48.6 Å². The quantitative estimate of drug-likeness (QED) is 0.591. The predicted octanol–water partition coefficient (Wildman–Crippen LogP) is 5.15.